The first-order valence-corrected chi connectivity index (χ1v) is 9.94. The Hall–Kier alpha value is -0.560. The van der Waals surface area contributed by atoms with Gasteiger partial charge in [0.15, 0.2) is 0 Å². The Kier molecular flexibility index (Phi) is 3.61. The number of rotatable bonds is 1. The molecule has 0 aromatic heterocycles. The van der Waals surface area contributed by atoms with Crippen molar-refractivity contribution < 1.29 is 5.11 Å². The van der Waals surface area contributed by atoms with Crippen LogP contribution < -0.4 is 0 Å². The molecule has 0 aromatic carbocycles. The zero-order valence-electron chi connectivity index (χ0n) is 15.4. The summed E-state index contributed by atoms with van der Waals surface area (Å²) in [5.74, 6) is 3.29. The topological polar surface area (TPSA) is 20.2 Å². The molecular weight excluding hydrogens is 280 g/mol. The van der Waals surface area contributed by atoms with Crippen molar-refractivity contribution in [2.24, 2.45) is 34.5 Å². The van der Waals surface area contributed by atoms with Crippen LogP contribution in [0.2, 0.25) is 0 Å². The Morgan fingerprint density at radius 1 is 1.00 bits per heavy atom. The quantitative estimate of drug-likeness (QED) is 0.633. The van der Waals surface area contributed by atoms with Gasteiger partial charge < -0.3 is 5.11 Å². The summed E-state index contributed by atoms with van der Waals surface area (Å²) in [4.78, 5) is 0. The summed E-state index contributed by atoms with van der Waals surface area (Å²) < 4.78 is 0. The first-order chi connectivity index (χ1) is 10.9. The van der Waals surface area contributed by atoms with Gasteiger partial charge in [0.05, 0.1) is 6.10 Å². The van der Waals surface area contributed by atoms with Crippen molar-refractivity contribution in [3.8, 4) is 0 Å². The Morgan fingerprint density at radius 3 is 2.48 bits per heavy atom. The molecule has 23 heavy (non-hydrogen) atoms. The maximum atomic E-state index is 10.1. The molecule has 2 saturated carbocycles. The van der Waals surface area contributed by atoms with Gasteiger partial charge >= 0.3 is 0 Å². The summed E-state index contributed by atoms with van der Waals surface area (Å²) in [6, 6.07) is 0. The summed E-state index contributed by atoms with van der Waals surface area (Å²) in [6.45, 7) is 9.86. The SMILES string of the molecule is CC(C)C1=CCC2C3CC=C4C[C@@H](O)CC[C@]4(C)C3CC[C@]12C. The molecule has 128 valence electrons. The minimum Gasteiger partial charge on any atom is -0.393 e. The van der Waals surface area contributed by atoms with E-state index in [2.05, 4.69) is 39.8 Å². The standard InChI is InChI=1S/C22H34O/c1-14(2)18-7-8-19-17-6-5-15-13-16(23)9-11-21(15,3)20(17)10-12-22(18,19)4/h5,7,14,16-17,19-20,23H,6,8-13H2,1-4H3/t16-,17?,19?,20?,21-,22+/m0/s1. The monoisotopic (exact) mass is 314 g/mol. The molecular formula is C22H34O. The fourth-order valence-electron chi connectivity index (χ4n) is 7.14. The van der Waals surface area contributed by atoms with Gasteiger partial charge in [-0.1, -0.05) is 51.0 Å². The van der Waals surface area contributed by atoms with Crippen molar-refractivity contribution in [1.82, 2.24) is 0 Å². The van der Waals surface area contributed by atoms with E-state index in [4.69, 9.17) is 0 Å². The molecule has 0 radical (unpaired) electrons. The van der Waals surface area contributed by atoms with E-state index >= 15 is 0 Å². The smallest absolute Gasteiger partial charge is 0.0577 e. The van der Waals surface area contributed by atoms with Crippen LogP contribution in [0, 0.1) is 34.5 Å². The summed E-state index contributed by atoms with van der Waals surface area (Å²) in [7, 11) is 0. The number of hydrogen-bond acceptors (Lipinski definition) is 1. The van der Waals surface area contributed by atoms with Crippen LogP contribution in [0.25, 0.3) is 0 Å². The number of allylic oxidation sites excluding steroid dienone is 3. The highest BCUT2D eigenvalue weighted by molar-refractivity contribution is 5.30. The molecule has 0 spiro atoms. The van der Waals surface area contributed by atoms with E-state index in [0.717, 1.165) is 30.6 Å². The van der Waals surface area contributed by atoms with Gasteiger partial charge in [-0.05, 0) is 79.4 Å². The van der Waals surface area contributed by atoms with Gasteiger partial charge in [-0.25, -0.2) is 0 Å². The number of fused-ring (bicyclic) bond motifs is 5. The molecule has 1 nitrogen and oxygen atoms in total. The van der Waals surface area contributed by atoms with E-state index in [-0.39, 0.29) is 6.10 Å². The lowest BCUT2D eigenvalue weighted by Crippen LogP contribution is -2.50. The molecule has 0 saturated heterocycles. The third kappa shape index (κ3) is 2.15. The van der Waals surface area contributed by atoms with Crippen LogP contribution in [0.3, 0.4) is 0 Å². The summed E-state index contributed by atoms with van der Waals surface area (Å²) in [6.07, 6.45) is 13.6. The highest BCUT2D eigenvalue weighted by Gasteiger charge is 2.56. The van der Waals surface area contributed by atoms with Crippen LogP contribution in [0.5, 0.6) is 0 Å². The van der Waals surface area contributed by atoms with Crippen molar-refractivity contribution in [3.63, 3.8) is 0 Å². The molecule has 0 amide bonds. The molecule has 6 atom stereocenters. The molecule has 3 unspecified atom stereocenters. The predicted octanol–water partition coefficient (Wildman–Crippen LogP) is 5.50. The van der Waals surface area contributed by atoms with Crippen LogP contribution in [-0.4, -0.2) is 11.2 Å². The molecule has 0 bridgehead atoms. The Balaban J connectivity index is 1.66. The Bertz CT molecular complexity index is 556. The predicted molar refractivity (Wildman–Crippen MR) is 96.0 cm³/mol. The molecule has 4 aliphatic carbocycles. The molecule has 2 fully saturated rings. The molecule has 4 aliphatic rings. The second-order valence-electron chi connectivity index (χ2n) is 9.66. The van der Waals surface area contributed by atoms with Gasteiger partial charge in [0.25, 0.3) is 0 Å². The maximum Gasteiger partial charge on any atom is 0.0577 e. The molecule has 0 heterocycles. The normalized spacial score (nSPS) is 49.1. The van der Waals surface area contributed by atoms with Crippen molar-refractivity contribution in [2.75, 3.05) is 0 Å². The zero-order chi connectivity index (χ0) is 16.4. The lowest BCUT2D eigenvalue weighted by molar-refractivity contribution is -0.0312. The van der Waals surface area contributed by atoms with E-state index in [9.17, 15) is 5.11 Å². The van der Waals surface area contributed by atoms with Crippen LogP contribution in [0.15, 0.2) is 23.3 Å². The van der Waals surface area contributed by atoms with E-state index in [1.807, 2.05) is 0 Å². The van der Waals surface area contributed by atoms with E-state index in [1.54, 1.807) is 11.1 Å². The molecule has 0 aliphatic heterocycles. The minimum atomic E-state index is -0.0829. The average molecular weight is 315 g/mol. The fourth-order valence-corrected chi connectivity index (χ4v) is 7.14. The zero-order valence-corrected chi connectivity index (χ0v) is 15.4. The lowest BCUT2D eigenvalue weighted by Gasteiger charge is -2.58. The maximum absolute atomic E-state index is 10.1. The molecule has 4 rings (SSSR count). The summed E-state index contributed by atoms with van der Waals surface area (Å²) >= 11 is 0. The second kappa shape index (κ2) is 5.22. The molecule has 1 heteroatoms. The average Bonchev–Trinajstić information content (AvgIpc) is 2.85. The van der Waals surface area contributed by atoms with Crippen molar-refractivity contribution in [3.05, 3.63) is 23.3 Å². The summed E-state index contributed by atoms with van der Waals surface area (Å²) in [5, 5.41) is 10.1. The van der Waals surface area contributed by atoms with Gasteiger partial charge in [-0.2, -0.15) is 0 Å². The number of hydrogen-bond donors (Lipinski definition) is 1. The Morgan fingerprint density at radius 2 is 1.74 bits per heavy atom. The van der Waals surface area contributed by atoms with Crippen LogP contribution in [0.1, 0.15) is 72.6 Å². The minimum absolute atomic E-state index is 0.0829. The first kappa shape index (κ1) is 15.9. The van der Waals surface area contributed by atoms with Crippen molar-refractivity contribution >= 4 is 0 Å². The molecule has 0 aromatic rings. The lowest BCUT2D eigenvalue weighted by atomic mass is 9.47. The Labute approximate surface area is 142 Å². The largest absolute Gasteiger partial charge is 0.393 e. The van der Waals surface area contributed by atoms with E-state index in [1.165, 1.54) is 32.1 Å². The van der Waals surface area contributed by atoms with Crippen LogP contribution in [-0.2, 0) is 0 Å². The third-order valence-electron chi connectivity index (χ3n) is 8.34. The van der Waals surface area contributed by atoms with E-state index < -0.39 is 0 Å². The van der Waals surface area contributed by atoms with Gasteiger partial charge in [0.2, 0.25) is 0 Å². The van der Waals surface area contributed by atoms with Gasteiger partial charge in [0, 0.05) is 0 Å². The number of aliphatic hydroxyl groups excluding tert-OH is 1. The second-order valence-corrected chi connectivity index (χ2v) is 9.66. The van der Waals surface area contributed by atoms with Crippen LogP contribution >= 0.6 is 0 Å². The third-order valence-corrected chi connectivity index (χ3v) is 8.34. The van der Waals surface area contributed by atoms with Crippen LogP contribution in [0.4, 0.5) is 0 Å². The fraction of sp³-hybridized carbons (Fsp3) is 0.818. The highest BCUT2D eigenvalue weighted by Crippen LogP contribution is 2.65. The number of aliphatic hydroxyl groups is 1. The summed E-state index contributed by atoms with van der Waals surface area (Å²) in [5.41, 5.74) is 4.19. The van der Waals surface area contributed by atoms with E-state index in [0.29, 0.717) is 16.7 Å². The van der Waals surface area contributed by atoms with Crippen molar-refractivity contribution in [2.45, 2.75) is 78.7 Å². The van der Waals surface area contributed by atoms with Gasteiger partial charge in [-0.15, -0.1) is 0 Å². The van der Waals surface area contributed by atoms with Gasteiger partial charge in [-0.3, -0.25) is 0 Å². The molecule has 1 N–H and O–H groups in total. The van der Waals surface area contributed by atoms with Gasteiger partial charge in [0.1, 0.15) is 0 Å². The first-order valence-electron chi connectivity index (χ1n) is 9.94. The highest BCUT2D eigenvalue weighted by atomic mass is 16.3. The van der Waals surface area contributed by atoms with Crippen molar-refractivity contribution in [1.29, 1.82) is 0 Å².